The van der Waals surface area contributed by atoms with Crippen molar-refractivity contribution in [2.45, 2.75) is 26.8 Å². The van der Waals surface area contributed by atoms with Crippen molar-refractivity contribution in [1.29, 1.82) is 0 Å². The molecule has 1 atom stereocenters. The highest BCUT2D eigenvalue weighted by Gasteiger charge is 2.22. The van der Waals surface area contributed by atoms with E-state index in [0.717, 1.165) is 23.6 Å². The number of hydrogen-bond donors (Lipinski definition) is 1. The Kier molecular flexibility index (Phi) is 5.84. The minimum absolute atomic E-state index is 0.151. The van der Waals surface area contributed by atoms with Crippen LogP contribution in [0, 0.1) is 5.41 Å². The van der Waals surface area contributed by atoms with E-state index in [1.807, 2.05) is 18.2 Å². The minimum Gasteiger partial charge on any atom is -0.497 e. The molecule has 0 radical (unpaired) electrons. The number of nitrogens with zero attached hydrogens (tertiary/aromatic N) is 1. The molecule has 0 spiro atoms. The van der Waals surface area contributed by atoms with Gasteiger partial charge in [0.1, 0.15) is 11.5 Å². The maximum atomic E-state index is 5.98. The summed E-state index contributed by atoms with van der Waals surface area (Å²) in [5.41, 5.74) is 7.33. The quantitative estimate of drug-likeness (QED) is 0.870. The molecule has 0 fully saturated rings. The van der Waals surface area contributed by atoms with E-state index in [1.165, 1.54) is 0 Å². The molecule has 0 saturated carbocycles. The van der Waals surface area contributed by atoms with E-state index in [2.05, 4.69) is 32.7 Å². The van der Waals surface area contributed by atoms with E-state index in [-0.39, 0.29) is 11.5 Å². The molecular weight excluding hydrogens is 252 g/mol. The van der Waals surface area contributed by atoms with Crippen molar-refractivity contribution in [2.75, 3.05) is 34.4 Å². The number of methoxy groups -OCH3 is 2. The first-order valence-electron chi connectivity index (χ1n) is 6.94. The van der Waals surface area contributed by atoms with Crippen LogP contribution in [-0.4, -0.2) is 39.3 Å². The number of benzene rings is 1. The number of likely N-dealkylation sites (N-methyl/N-ethyl adjacent to an activating group) is 1. The summed E-state index contributed by atoms with van der Waals surface area (Å²) in [6.07, 6.45) is 0. The predicted molar refractivity (Wildman–Crippen MR) is 83.4 cm³/mol. The third-order valence-corrected chi connectivity index (χ3v) is 3.24. The molecule has 0 saturated heterocycles. The molecule has 0 aliphatic rings. The molecule has 1 aromatic rings. The zero-order valence-corrected chi connectivity index (χ0v) is 13.6. The van der Waals surface area contributed by atoms with Crippen LogP contribution in [0.3, 0.4) is 0 Å². The van der Waals surface area contributed by atoms with Crippen LogP contribution < -0.4 is 15.2 Å². The summed E-state index contributed by atoms with van der Waals surface area (Å²) < 4.78 is 10.7. The first kappa shape index (κ1) is 16.8. The molecule has 0 bridgehead atoms. The van der Waals surface area contributed by atoms with Gasteiger partial charge in [-0.25, -0.2) is 0 Å². The van der Waals surface area contributed by atoms with Crippen LogP contribution in [0.1, 0.15) is 32.4 Å². The van der Waals surface area contributed by atoms with Gasteiger partial charge in [-0.1, -0.05) is 20.8 Å². The van der Waals surface area contributed by atoms with Gasteiger partial charge in [-0.2, -0.15) is 0 Å². The van der Waals surface area contributed by atoms with Crippen LogP contribution in [0.15, 0.2) is 18.2 Å². The van der Waals surface area contributed by atoms with Gasteiger partial charge in [0.05, 0.1) is 14.2 Å². The molecule has 1 aromatic carbocycles. The normalized spacial score (nSPS) is 13.4. The molecule has 114 valence electrons. The van der Waals surface area contributed by atoms with Crippen molar-refractivity contribution >= 4 is 0 Å². The van der Waals surface area contributed by atoms with Crippen molar-refractivity contribution in [1.82, 2.24) is 4.90 Å². The van der Waals surface area contributed by atoms with Gasteiger partial charge in [-0.15, -0.1) is 0 Å². The molecule has 1 rings (SSSR count). The highest BCUT2D eigenvalue weighted by Crippen LogP contribution is 2.30. The topological polar surface area (TPSA) is 47.7 Å². The van der Waals surface area contributed by atoms with Crippen molar-refractivity contribution in [3.63, 3.8) is 0 Å². The molecule has 4 heteroatoms. The monoisotopic (exact) mass is 280 g/mol. The second-order valence-corrected chi connectivity index (χ2v) is 6.37. The Labute approximate surface area is 122 Å². The average Bonchev–Trinajstić information content (AvgIpc) is 2.37. The first-order chi connectivity index (χ1) is 9.30. The van der Waals surface area contributed by atoms with E-state index in [1.54, 1.807) is 14.2 Å². The minimum atomic E-state index is 0.151. The fraction of sp³-hybridized carbons (Fsp3) is 0.625. The highest BCUT2D eigenvalue weighted by molar-refractivity contribution is 5.40. The highest BCUT2D eigenvalue weighted by atomic mass is 16.5. The molecule has 0 aliphatic carbocycles. The van der Waals surface area contributed by atoms with Crippen molar-refractivity contribution in [3.05, 3.63) is 23.8 Å². The molecule has 4 nitrogen and oxygen atoms in total. The van der Waals surface area contributed by atoms with E-state index in [9.17, 15) is 0 Å². The summed E-state index contributed by atoms with van der Waals surface area (Å²) in [5.74, 6) is 1.59. The smallest absolute Gasteiger partial charge is 0.122 e. The molecule has 20 heavy (non-hydrogen) atoms. The lowest BCUT2D eigenvalue weighted by molar-refractivity contribution is 0.175. The summed E-state index contributed by atoms with van der Waals surface area (Å²) in [6.45, 7) is 8.20. The molecule has 0 aromatic heterocycles. The van der Waals surface area contributed by atoms with E-state index < -0.39 is 0 Å². The standard InChI is InChI=1S/C16H28N2O2/c1-16(2,3)11-18(4)15(10-17)12-7-13(19-5)9-14(8-12)20-6/h7-9,15H,10-11,17H2,1-6H3. The fourth-order valence-electron chi connectivity index (χ4n) is 2.45. The zero-order valence-electron chi connectivity index (χ0n) is 13.6. The summed E-state index contributed by atoms with van der Waals surface area (Å²) in [6, 6.07) is 6.08. The third kappa shape index (κ3) is 4.69. The van der Waals surface area contributed by atoms with Crippen molar-refractivity contribution in [3.8, 4) is 11.5 Å². The fourth-order valence-corrected chi connectivity index (χ4v) is 2.45. The van der Waals surface area contributed by atoms with Gasteiger partial charge in [0.25, 0.3) is 0 Å². The average molecular weight is 280 g/mol. The van der Waals surface area contributed by atoms with Crippen molar-refractivity contribution in [2.24, 2.45) is 11.1 Å². The number of nitrogens with two attached hydrogens (primary N) is 1. The second-order valence-electron chi connectivity index (χ2n) is 6.37. The zero-order chi connectivity index (χ0) is 15.3. The number of hydrogen-bond acceptors (Lipinski definition) is 4. The van der Waals surface area contributed by atoms with Crippen LogP contribution in [-0.2, 0) is 0 Å². The first-order valence-corrected chi connectivity index (χ1v) is 6.94. The molecule has 1 unspecified atom stereocenters. The van der Waals surface area contributed by atoms with Crippen molar-refractivity contribution < 1.29 is 9.47 Å². The van der Waals surface area contributed by atoms with Gasteiger partial charge in [-0.05, 0) is 30.2 Å². The van der Waals surface area contributed by atoms with Crippen LogP contribution in [0.4, 0.5) is 0 Å². The molecule has 0 heterocycles. The Morgan fingerprint density at radius 2 is 1.60 bits per heavy atom. The Hall–Kier alpha value is -1.26. The van der Waals surface area contributed by atoms with Crippen LogP contribution in [0.2, 0.25) is 0 Å². The van der Waals surface area contributed by atoms with Gasteiger partial charge in [0, 0.05) is 25.2 Å². The number of rotatable bonds is 6. The lowest BCUT2D eigenvalue weighted by atomic mass is 9.94. The van der Waals surface area contributed by atoms with Gasteiger partial charge < -0.3 is 15.2 Å². The second kappa shape index (κ2) is 6.95. The van der Waals surface area contributed by atoms with Gasteiger partial charge in [0.2, 0.25) is 0 Å². The maximum Gasteiger partial charge on any atom is 0.122 e. The predicted octanol–water partition coefficient (Wildman–Crippen LogP) is 2.68. The van der Waals surface area contributed by atoms with E-state index in [4.69, 9.17) is 15.2 Å². The molecule has 2 N–H and O–H groups in total. The number of ether oxygens (including phenoxy) is 2. The van der Waals surface area contributed by atoms with E-state index >= 15 is 0 Å². The summed E-state index contributed by atoms with van der Waals surface area (Å²) in [4.78, 5) is 2.29. The Morgan fingerprint density at radius 3 is 1.95 bits per heavy atom. The largest absolute Gasteiger partial charge is 0.497 e. The summed E-state index contributed by atoms with van der Waals surface area (Å²) in [7, 11) is 5.43. The third-order valence-electron chi connectivity index (χ3n) is 3.24. The molecular formula is C16H28N2O2. The molecule has 0 aliphatic heterocycles. The van der Waals surface area contributed by atoms with Gasteiger partial charge >= 0.3 is 0 Å². The van der Waals surface area contributed by atoms with Gasteiger partial charge in [0.15, 0.2) is 0 Å². The Balaban J connectivity index is 3.04. The lowest BCUT2D eigenvalue weighted by Gasteiger charge is -2.33. The van der Waals surface area contributed by atoms with Crippen LogP contribution in [0.25, 0.3) is 0 Å². The lowest BCUT2D eigenvalue weighted by Crippen LogP contribution is -2.36. The summed E-state index contributed by atoms with van der Waals surface area (Å²) in [5, 5.41) is 0. The maximum absolute atomic E-state index is 5.98. The van der Waals surface area contributed by atoms with Crippen LogP contribution in [0.5, 0.6) is 11.5 Å². The SMILES string of the molecule is COc1cc(OC)cc(C(CN)N(C)CC(C)(C)C)c1. The molecule has 0 amide bonds. The summed E-state index contributed by atoms with van der Waals surface area (Å²) >= 11 is 0. The van der Waals surface area contributed by atoms with E-state index in [0.29, 0.717) is 6.54 Å². The van der Waals surface area contributed by atoms with Crippen LogP contribution >= 0.6 is 0 Å². The Morgan fingerprint density at radius 1 is 1.10 bits per heavy atom. The Bertz CT molecular complexity index is 405. The van der Waals surface area contributed by atoms with Gasteiger partial charge in [-0.3, -0.25) is 4.90 Å².